The van der Waals surface area contributed by atoms with Gasteiger partial charge < -0.3 is 15.2 Å². The van der Waals surface area contributed by atoms with Gasteiger partial charge in [-0.3, -0.25) is 4.90 Å². The van der Waals surface area contributed by atoms with E-state index < -0.39 is 5.97 Å². The molecule has 2 aromatic carbocycles. The number of carboxylic acids is 1. The van der Waals surface area contributed by atoms with Crippen LogP contribution in [0.25, 0.3) is 0 Å². The van der Waals surface area contributed by atoms with Crippen molar-refractivity contribution in [3.05, 3.63) is 70.7 Å². The average Bonchev–Trinajstić information content (AvgIpc) is 2.68. The molecule has 3 rings (SSSR count). The standard InChI is InChI=1S/C21H25ClN2O3/c22-18-8-6-17(7-9-18)21(16-4-2-1-3-5-16)24-12-11-23-19(14-24)10-13-27-15-20(25)26/h1-9,19,21,23H,10-15H2,(H,25,26)/t19?,21-/m0/s1. The first-order valence-electron chi connectivity index (χ1n) is 9.21. The van der Waals surface area contributed by atoms with Crippen molar-refractivity contribution in [2.45, 2.75) is 18.5 Å². The summed E-state index contributed by atoms with van der Waals surface area (Å²) in [6.07, 6.45) is 0.784. The van der Waals surface area contributed by atoms with Crippen LogP contribution in [-0.2, 0) is 9.53 Å². The first-order valence-corrected chi connectivity index (χ1v) is 9.58. The molecule has 1 fully saturated rings. The van der Waals surface area contributed by atoms with Crippen LogP contribution in [0.2, 0.25) is 5.02 Å². The van der Waals surface area contributed by atoms with Crippen LogP contribution in [0.15, 0.2) is 54.6 Å². The number of aliphatic carboxylic acids is 1. The van der Waals surface area contributed by atoms with Crippen LogP contribution in [-0.4, -0.2) is 54.9 Å². The average molecular weight is 389 g/mol. The summed E-state index contributed by atoms with van der Waals surface area (Å²) in [4.78, 5) is 13.0. The summed E-state index contributed by atoms with van der Waals surface area (Å²) in [7, 11) is 0. The molecule has 2 aromatic rings. The summed E-state index contributed by atoms with van der Waals surface area (Å²) >= 11 is 6.09. The van der Waals surface area contributed by atoms with Gasteiger partial charge in [-0.1, -0.05) is 54.1 Å². The van der Waals surface area contributed by atoms with E-state index in [0.717, 1.165) is 31.1 Å². The predicted octanol–water partition coefficient (Wildman–Crippen LogP) is 3.19. The molecule has 1 heterocycles. The smallest absolute Gasteiger partial charge is 0.329 e. The Balaban J connectivity index is 1.72. The lowest BCUT2D eigenvalue weighted by atomic mass is 9.95. The molecule has 1 aliphatic rings. The molecule has 0 aliphatic carbocycles. The number of carboxylic acid groups (broad SMARTS) is 1. The van der Waals surface area contributed by atoms with Gasteiger partial charge >= 0.3 is 5.97 Å². The highest BCUT2D eigenvalue weighted by Gasteiger charge is 2.27. The third-order valence-corrected chi connectivity index (χ3v) is 5.04. The van der Waals surface area contributed by atoms with Crippen LogP contribution in [0.4, 0.5) is 0 Å². The second-order valence-electron chi connectivity index (χ2n) is 6.75. The van der Waals surface area contributed by atoms with Crippen LogP contribution >= 0.6 is 11.6 Å². The number of nitrogens with one attached hydrogen (secondary N) is 1. The van der Waals surface area contributed by atoms with Crippen LogP contribution < -0.4 is 5.32 Å². The molecule has 1 saturated heterocycles. The van der Waals surface area contributed by atoms with E-state index in [4.69, 9.17) is 21.4 Å². The zero-order valence-electron chi connectivity index (χ0n) is 15.2. The maximum atomic E-state index is 10.6. The lowest BCUT2D eigenvalue weighted by Gasteiger charge is -2.39. The zero-order chi connectivity index (χ0) is 19.1. The van der Waals surface area contributed by atoms with Gasteiger partial charge in [0.2, 0.25) is 0 Å². The number of halogens is 1. The molecule has 144 valence electrons. The van der Waals surface area contributed by atoms with E-state index >= 15 is 0 Å². The van der Waals surface area contributed by atoms with Crippen molar-refractivity contribution in [1.82, 2.24) is 10.2 Å². The van der Waals surface area contributed by atoms with Gasteiger partial charge in [-0.05, 0) is 29.7 Å². The van der Waals surface area contributed by atoms with Crippen molar-refractivity contribution in [3.63, 3.8) is 0 Å². The van der Waals surface area contributed by atoms with E-state index in [1.165, 1.54) is 11.1 Å². The number of benzene rings is 2. The highest BCUT2D eigenvalue weighted by Crippen LogP contribution is 2.30. The molecule has 1 aliphatic heterocycles. The molecule has 0 spiro atoms. The number of piperazine rings is 1. The third kappa shape index (κ3) is 5.78. The molecule has 2 N–H and O–H groups in total. The third-order valence-electron chi connectivity index (χ3n) is 4.79. The molecule has 27 heavy (non-hydrogen) atoms. The predicted molar refractivity (Wildman–Crippen MR) is 106 cm³/mol. The molecule has 5 nitrogen and oxygen atoms in total. The van der Waals surface area contributed by atoms with Gasteiger partial charge in [0.15, 0.2) is 0 Å². The number of carbonyl (C=O) groups is 1. The van der Waals surface area contributed by atoms with Crippen molar-refractivity contribution in [3.8, 4) is 0 Å². The van der Waals surface area contributed by atoms with Crippen LogP contribution in [0, 0.1) is 0 Å². The van der Waals surface area contributed by atoms with E-state index in [1.807, 2.05) is 18.2 Å². The van der Waals surface area contributed by atoms with Gasteiger partial charge in [0.05, 0.1) is 6.04 Å². The summed E-state index contributed by atoms with van der Waals surface area (Å²) in [5.74, 6) is -0.930. The molecular weight excluding hydrogens is 364 g/mol. The second-order valence-corrected chi connectivity index (χ2v) is 7.18. The Labute approximate surface area is 164 Å². The minimum Gasteiger partial charge on any atom is -0.480 e. The summed E-state index contributed by atoms with van der Waals surface area (Å²) in [5.41, 5.74) is 2.47. The Hall–Kier alpha value is -1.92. The largest absolute Gasteiger partial charge is 0.480 e. The maximum absolute atomic E-state index is 10.6. The Morgan fingerprint density at radius 3 is 2.59 bits per heavy atom. The molecule has 0 bridgehead atoms. The van der Waals surface area contributed by atoms with E-state index in [9.17, 15) is 4.79 Å². The number of hydrogen-bond acceptors (Lipinski definition) is 4. The lowest BCUT2D eigenvalue weighted by molar-refractivity contribution is -0.142. The number of nitrogens with zero attached hydrogens (tertiary/aromatic N) is 1. The van der Waals surface area contributed by atoms with Crippen molar-refractivity contribution in [2.24, 2.45) is 0 Å². The van der Waals surface area contributed by atoms with Gasteiger partial charge in [0.1, 0.15) is 6.61 Å². The molecular formula is C21H25ClN2O3. The number of ether oxygens (including phenoxy) is 1. The maximum Gasteiger partial charge on any atom is 0.329 e. The van der Waals surface area contributed by atoms with Gasteiger partial charge in [-0.15, -0.1) is 0 Å². The van der Waals surface area contributed by atoms with E-state index in [2.05, 4.69) is 46.6 Å². The topological polar surface area (TPSA) is 61.8 Å². The molecule has 0 radical (unpaired) electrons. The summed E-state index contributed by atoms with van der Waals surface area (Å²) in [5, 5.41) is 12.9. The normalized spacial score (nSPS) is 18.9. The van der Waals surface area contributed by atoms with E-state index in [1.54, 1.807) is 0 Å². The van der Waals surface area contributed by atoms with Gasteiger partial charge in [0, 0.05) is 37.3 Å². The molecule has 6 heteroatoms. The Morgan fingerprint density at radius 1 is 1.19 bits per heavy atom. The SMILES string of the molecule is O=C(O)COCCC1CN([C@@H](c2ccccc2)c2ccc(Cl)cc2)CCN1. The molecule has 1 unspecified atom stereocenters. The van der Waals surface area contributed by atoms with E-state index in [0.29, 0.717) is 6.61 Å². The fraction of sp³-hybridized carbons (Fsp3) is 0.381. The first kappa shape index (κ1) is 19.8. The molecule has 2 atom stereocenters. The van der Waals surface area contributed by atoms with Crippen molar-refractivity contribution >= 4 is 17.6 Å². The molecule has 0 aromatic heterocycles. The van der Waals surface area contributed by atoms with E-state index in [-0.39, 0.29) is 18.7 Å². The molecule has 0 amide bonds. The van der Waals surface area contributed by atoms with Gasteiger partial charge in [-0.25, -0.2) is 4.79 Å². The summed E-state index contributed by atoms with van der Waals surface area (Å²) in [6, 6.07) is 19.0. The van der Waals surface area contributed by atoms with Crippen LogP contribution in [0.1, 0.15) is 23.6 Å². The number of rotatable bonds is 8. The second kappa shape index (κ2) is 9.85. The van der Waals surface area contributed by atoms with Gasteiger partial charge in [0.25, 0.3) is 0 Å². The van der Waals surface area contributed by atoms with Crippen molar-refractivity contribution in [2.75, 3.05) is 32.8 Å². The summed E-state index contributed by atoms with van der Waals surface area (Å²) in [6.45, 7) is 2.90. The monoisotopic (exact) mass is 388 g/mol. The fourth-order valence-corrected chi connectivity index (χ4v) is 3.68. The Bertz CT molecular complexity index is 724. The van der Waals surface area contributed by atoms with Crippen molar-refractivity contribution < 1.29 is 14.6 Å². The fourth-order valence-electron chi connectivity index (χ4n) is 3.56. The Morgan fingerprint density at radius 2 is 1.89 bits per heavy atom. The highest BCUT2D eigenvalue weighted by molar-refractivity contribution is 6.30. The first-order chi connectivity index (χ1) is 13.1. The minimum atomic E-state index is -0.930. The zero-order valence-corrected chi connectivity index (χ0v) is 15.9. The molecule has 0 saturated carbocycles. The Kier molecular flexibility index (Phi) is 7.24. The number of hydrogen-bond donors (Lipinski definition) is 2. The summed E-state index contributed by atoms with van der Waals surface area (Å²) < 4.78 is 5.20. The quantitative estimate of drug-likeness (QED) is 0.680. The van der Waals surface area contributed by atoms with Crippen LogP contribution in [0.5, 0.6) is 0 Å². The lowest BCUT2D eigenvalue weighted by Crippen LogP contribution is -2.52. The van der Waals surface area contributed by atoms with Crippen LogP contribution in [0.3, 0.4) is 0 Å². The minimum absolute atomic E-state index is 0.160. The van der Waals surface area contributed by atoms with Gasteiger partial charge in [-0.2, -0.15) is 0 Å². The highest BCUT2D eigenvalue weighted by atomic mass is 35.5. The van der Waals surface area contributed by atoms with Crippen molar-refractivity contribution in [1.29, 1.82) is 0 Å².